The van der Waals surface area contributed by atoms with E-state index in [0.717, 1.165) is 16.5 Å². The zero-order valence-corrected chi connectivity index (χ0v) is 8.27. The van der Waals surface area contributed by atoms with E-state index in [1.54, 1.807) is 12.1 Å². The fourth-order valence-corrected chi connectivity index (χ4v) is 1.95. The predicted octanol–water partition coefficient (Wildman–Crippen LogP) is 2.62. The van der Waals surface area contributed by atoms with E-state index >= 15 is 0 Å². The molecule has 2 aromatic carbocycles. The van der Waals surface area contributed by atoms with Gasteiger partial charge in [0.05, 0.1) is 17.6 Å². The number of aromatic carboxylic acids is 1. The van der Waals surface area contributed by atoms with Gasteiger partial charge in [0.1, 0.15) is 0 Å². The molecule has 16 heavy (non-hydrogen) atoms. The van der Waals surface area contributed by atoms with Crippen molar-refractivity contribution in [3.05, 3.63) is 35.9 Å². The van der Waals surface area contributed by atoms with E-state index in [1.165, 1.54) is 6.34 Å². The molecular formula is C12H8N2O2. The highest BCUT2D eigenvalue weighted by Gasteiger charge is 2.16. The van der Waals surface area contributed by atoms with E-state index in [0.29, 0.717) is 5.69 Å². The zero-order valence-electron chi connectivity index (χ0n) is 8.27. The third-order valence-electron chi connectivity index (χ3n) is 2.66. The van der Waals surface area contributed by atoms with Crippen LogP contribution in [0.15, 0.2) is 35.3 Å². The quantitative estimate of drug-likeness (QED) is 0.763. The maximum atomic E-state index is 11.1. The molecule has 0 unspecified atom stereocenters. The SMILES string of the molecule is O=C(O)c1ccc2cccc3c2c1N=CN3. The minimum absolute atomic E-state index is 0.234. The minimum atomic E-state index is -0.953. The van der Waals surface area contributed by atoms with Gasteiger partial charge in [0.2, 0.25) is 0 Å². The van der Waals surface area contributed by atoms with Gasteiger partial charge in [-0.2, -0.15) is 0 Å². The number of benzene rings is 2. The summed E-state index contributed by atoms with van der Waals surface area (Å²) in [6, 6.07) is 9.16. The number of carboxylic acids is 1. The van der Waals surface area contributed by atoms with E-state index in [2.05, 4.69) is 10.3 Å². The van der Waals surface area contributed by atoms with Gasteiger partial charge in [-0.25, -0.2) is 9.79 Å². The van der Waals surface area contributed by atoms with Crippen molar-refractivity contribution in [2.24, 2.45) is 4.99 Å². The van der Waals surface area contributed by atoms with Gasteiger partial charge in [0.25, 0.3) is 0 Å². The van der Waals surface area contributed by atoms with Crippen molar-refractivity contribution in [3.8, 4) is 0 Å². The van der Waals surface area contributed by atoms with Crippen LogP contribution < -0.4 is 5.32 Å². The summed E-state index contributed by atoms with van der Waals surface area (Å²) in [6.45, 7) is 0. The lowest BCUT2D eigenvalue weighted by Gasteiger charge is -2.14. The van der Waals surface area contributed by atoms with Crippen LogP contribution in [0.1, 0.15) is 10.4 Å². The summed E-state index contributed by atoms with van der Waals surface area (Å²) < 4.78 is 0. The summed E-state index contributed by atoms with van der Waals surface area (Å²) in [5.74, 6) is -0.953. The lowest BCUT2D eigenvalue weighted by atomic mass is 10.0. The van der Waals surface area contributed by atoms with Crippen LogP contribution in [0.25, 0.3) is 10.8 Å². The Morgan fingerprint density at radius 1 is 1.25 bits per heavy atom. The summed E-state index contributed by atoms with van der Waals surface area (Å²) in [5, 5.41) is 13.9. The molecule has 0 saturated carbocycles. The van der Waals surface area contributed by atoms with Crippen LogP contribution in [-0.4, -0.2) is 17.4 Å². The summed E-state index contributed by atoms with van der Waals surface area (Å²) >= 11 is 0. The third-order valence-corrected chi connectivity index (χ3v) is 2.66. The molecule has 0 aliphatic carbocycles. The topological polar surface area (TPSA) is 61.7 Å². The Morgan fingerprint density at radius 2 is 2.12 bits per heavy atom. The second kappa shape index (κ2) is 3.06. The standard InChI is InChI=1S/C12H8N2O2/c15-12(16)8-5-4-7-2-1-3-9-10(7)11(8)14-6-13-9/h1-6H,(H,13,14)(H,15,16). The van der Waals surface area contributed by atoms with Crippen LogP contribution in [0.3, 0.4) is 0 Å². The van der Waals surface area contributed by atoms with E-state index in [1.807, 2.05) is 18.2 Å². The van der Waals surface area contributed by atoms with Crippen LogP contribution in [-0.2, 0) is 0 Å². The molecule has 2 N–H and O–H groups in total. The van der Waals surface area contributed by atoms with Gasteiger partial charge in [0.15, 0.2) is 0 Å². The first-order valence-corrected chi connectivity index (χ1v) is 4.85. The summed E-state index contributed by atoms with van der Waals surface area (Å²) in [5.41, 5.74) is 1.66. The van der Waals surface area contributed by atoms with E-state index in [-0.39, 0.29) is 5.56 Å². The van der Waals surface area contributed by atoms with Gasteiger partial charge in [-0.15, -0.1) is 0 Å². The van der Waals surface area contributed by atoms with E-state index in [4.69, 9.17) is 5.11 Å². The van der Waals surface area contributed by atoms with Gasteiger partial charge < -0.3 is 10.4 Å². The number of nitrogens with zero attached hydrogens (tertiary/aromatic N) is 1. The molecule has 0 radical (unpaired) electrons. The molecule has 2 aromatic rings. The second-order valence-corrected chi connectivity index (χ2v) is 3.57. The average Bonchev–Trinajstić information content (AvgIpc) is 2.30. The molecule has 4 heteroatoms. The molecule has 0 fully saturated rings. The fourth-order valence-electron chi connectivity index (χ4n) is 1.95. The summed E-state index contributed by atoms with van der Waals surface area (Å²) in [6.07, 6.45) is 1.52. The molecule has 0 saturated heterocycles. The smallest absolute Gasteiger partial charge is 0.337 e. The summed E-state index contributed by atoms with van der Waals surface area (Å²) in [7, 11) is 0. The first-order chi connectivity index (χ1) is 7.77. The monoisotopic (exact) mass is 212 g/mol. The Balaban J connectivity index is 2.49. The largest absolute Gasteiger partial charge is 0.478 e. The molecule has 0 bridgehead atoms. The normalized spacial score (nSPS) is 12.5. The fraction of sp³-hybridized carbons (Fsp3) is 0. The van der Waals surface area contributed by atoms with Crippen LogP contribution in [0, 0.1) is 0 Å². The van der Waals surface area contributed by atoms with Crippen molar-refractivity contribution in [1.82, 2.24) is 0 Å². The number of carbonyl (C=O) groups is 1. The first kappa shape index (κ1) is 8.91. The number of aliphatic imine (C=N–C) groups is 1. The van der Waals surface area contributed by atoms with E-state index < -0.39 is 5.97 Å². The van der Waals surface area contributed by atoms with Crippen molar-refractivity contribution in [2.45, 2.75) is 0 Å². The molecule has 0 atom stereocenters. The highest BCUT2D eigenvalue weighted by Crippen LogP contribution is 2.37. The Kier molecular flexibility index (Phi) is 1.71. The Morgan fingerprint density at radius 3 is 2.94 bits per heavy atom. The number of hydrogen-bond donors (Lipinski definition) is 2. The van der Waals surface area contributed by atoms with Crippen LogP contribution in [0.4, 0.5) is 11.4 Å². The minimum Gasteiger partial charge on any atom is -0.478 e. The lowest BCUT2D eigenvalue weighted by Crippen LogP contribution is -2.04. The van der Waals surface area contributed by atoms with Crippen LogP contribution in [0.2, 0.25) is 0 Å². The first-order valence-electron chi connectivity index (χ1n) is 4.85. The Bertz CT molecular complexity index is 632. The second-order valence-electron chi connectivity index (χ2n) is 3.57. The number of nitrogens with one attached hydrogen (secondary N) is 1. The molecule has 1 aliphatic heterocycles. The zero-order chi connectivity index (χ0) is 11.1. The highest BCUT2D eigenvalue weighted by molar-refractivity contribution is 6.13. The molecule has 1 heterocycles. The summed E-state index contributed by atoms with van der Waals surface area (Å²) in [4.78, 5) is 15.2. The number of carboxylic acid groups (broad SMARTS) is 1. The maximum absolute atomic E-state index is 11.1. The van der Waals surface area contributed by atoms with Gasteiger partial charge in [-0.3, -0.25) is 0 Å². The van der Waals surface area contributed by atoms with E-state index in [9.17, 15) is 4.79 Å². The molecule has 3 rings (SSSR count). The highest BCUT2D eigenvalue weighted by atomic mass is 16.4. The Labute approximate surface area is 91.2 Å². The Hall–Kier alpha value is -2.36. The number of hydrogen-bond acceptors (Lipinski definition) is 3. The third kappa shape index (κ3) is 1.10. The molecule has 78 valence electrons. The van der Waals surface area contributed by atoms with Crippen molar-refractivity contribution in [2.75, 3.05) is 5.32 Å². The van der Waals surface area contributed by atoms with Crippen molar-refractivity contribution in [1.29, 1.82) is 0 Å². The maximum Gasteiger partial charge on any atom is 0.337 e. The van der Waals surface area contributed by atoms with Gasteiger partial charge >= 0.3 is 5.97 Å². The molecule has 1 aliphatic rings. The average molecular weight is 212 g/mol. The number of anilines is 1. The van der Waals surface area contributed by atoms with Crippen molar-refractivity contribution < 1.29 is 9.90 Å². The molecule has 0 amide bonds. The van der Waals surface area contributed by atoms with Gasteiger partial charge in [0, 0.05) is 11.1 Å². The van der Waals surface area contributed by atoms with Crippen molar-refractivity contribution >= 4 is 34.5 Å². The predicted molar refractivity (Wildman–Crippen MR) is 62.7 cm³/mol. The molecule has 0 aromatic heterocycles. The molecular weight excluding hydrogens is 204 g/mol. The number of rotatable bonds is 1. The van der Waals surface area contributed by atoms with Crippen molar-refractivity contribution in [3.63, 3.8) is 0 Å². The lowest BCUT2D eigenvalue weighted by molar-refractivity contribution is 0.0698. The molecule has 0 spiro atoms. The van der Waals surface area contributed by atoms with Crippen LogP contribution >= 0.6 is 0 Å². The van der Waals surface area contributed by atoms with Crippen LogP contribution in [0.5, 0.6) is 0 Å². The molecule has 4 nitrogen and oxygen atoms in total. The van der Waals surface area contributed by atoms with Gasteiger partial charge in [-0.1, -0.05) is 18.2 Å². The van der Waals surface area contributed by atoms with Gasteiger partial charge in [-0.05, 0) is 17.5 Å².